The van der Waals surface area contributed by atoms with Crippen molar-refractivity contribution in [1.29, 1.82) is 0 Å². The summed E-state index contributed by atoms with van der Waals surface area (Å²) >= 11 is 0. The number of ether oxygens (including phenoxy) is 1. The molecule has 0 unspecified atom stereocenters. The summed E-state index contributed by atoms with van der Waals surface area (Å²) < 4.78 is 30.6. The summed E-state index contributed by atoms with van der Waals surface area (Å²) in [6, 6.07) is 3.84. The molecule has 1 saturated heterocycles. The van der Waals surface area contributed by atoms with Crippen LogP contribution in [0.25, 0.3) is 0 Å². The van der Waals surface area contributed by atoms with E-state index in [0.717, 1.165) is 11.3 Å². The second-order valence-corrected chi connectivity index (χ2v) is 6.71. The van der Waals surface area contributed by atoms with Gasteiger partial charge in [0, 0.05) is 24.8 Å². The minimum atomic E-state index is -3.09. The number of hydrogen-bond acceptors (Lipinski definition) is 4. The summed E-state index contributed by atoms with van der Waals surface area (Å²) in [5, 5.41) is 0. The van der Waals surface area contributed by atoms with Crippen molar-refractivity contribution in [1.82, 2.24) is 9.29 Å². The third-order valence-corrected chi connectivity index (χ3v) is 5.26. The topological polar surface area (TPSA) is 59.5 Å². The molecule has 0 N–H and O–H groups in total. The Kier molecular flexibility index (Phi) is 2.30. The van der Waals surface area contributed by atoms with E-state index in [1.165, 1.54) is 4.31 Å². The zero-order valence-corrected chi connectivity index (χ0v) is 10.4. The zero-order valence-electron chi connectivity index (χ0n) is 9.59. The second-order valence-electron chi connectivity index (χ2n) is 4.45. The van der Waals surface area contributed by atoms with Gasteiger partial charge in [0.1, 0.15) is 5.60 Å². The second kappa shape index (κ2) is 3.51. The minimum absolute atomic E-state index is 0.142. The van der Waals surface area contributed by atoms with Crippen molar-refractivity contribution in [3.63, 3.8) is 0 Å². The molecule has 1 aromatic rings. The largest absolute Gasteiger partial charge is 0.361 e. The Morgan fingerprint density at radius 1 is 1.53 bits per heavy atom. The molecule has 6 heteroatoms. The van der Waals surface area contributed by atoms with E-state index in [9.17, 15) is 8.42 Å². The van der Waals surface area contributed by atoms with E-state index >= 15 is 0 Å². The van der Waals surface area contributed by atoms with Gasteiger partial charge in [0.25, 0.3) is 0 Å². The van der Waals surface area contributed by atoms with Gasteiger partial charge in [-0.2, -0.15) is 4.31 Å². The molecule has 0 atom stereocenters. The van der Waals surface area contributed by atoms with Crippen LogP contribution in [0, 0.1) is 0 Å². The first-order valence-corrected chi connectivity index (χ1v) is 7.24. The molecule has 1 aromatic heterocycles. The molecule has 1 fully saturated rings. The lowest BCUT2D eigenvalue weighted by atomic mass is 9.89. The summed E-state index contributed by atoms with van der Waals surface area (Å²) in [7, 11) is -3.09. The lowest BCUT2D eigenvalue weighted by Crippen LogP contribution is -2.61. The summed E-state index contributed by atoms with van der Waals surface area (Å²) in [5.41, 5.74) is 1.54. The Balaban J connectivity index is 1.86. The van der Waals surface area contributed by atoms with E-state index in [2.05, 4.69) is 4.98 Å². The first-order valence-electron chi connectivity index (χ1n) is 5.63. The lowest BCUT2D eigenvalue weighted by Gasteiger charge is -2.46. The first kappa shape index (κ1) is 11.1. The molecule has 0 aromatic carbocycles. The summed E-state index contributed by atoms with van der Waals surface area (Å²) in [6.07, 6.45) is 1.74. The molecule has 1 spiro atoms. The maximum absolute atomic E-state index is 11.7. The average molecular weight is 254 g/mol. The summed E-state index contributed by atoms with van der Waals surface area (Å²) in [6.45, 7) is 2.98. The predicted molar refractivity (Wildman–Crippen MR) is 61.7 cm³/mol. The first-order chi connectivity index (χ1) is 8.07. The van der Waals surface area contributed by atoms with Gasteiger partial charge in [0.05, 0.1) is 18.1 Å². The molecule has 3 rings (SSSR count). The Morgan fingerprint density at radius 2 is 2.29 bits per heavy atom. The normalized spacial score (nSPS) is 22.4. The van der Waals surface area contributed by atoms with Gasteiger partial charge in [0.15, 0.2) is 0 Å². The van der Waals surface area contributed by atoms with Gasteiger partial charge in [-0.05, 0) is 13.0 Å². The number of fused-ring (bicyclic) bond motifs is 2. The summed E-state index contributed by atoms with van der Waals surface area (Å²) in [4.78, 5) is 4.25. The molecule has 0 saturated carbocycles. The van der Waals surface area contributed by atoms with Crippen molar-refractivity contribution in [2.45, 2.75) is 19.1 Å². The molecular weight excluding hydrogens is 240 g/mol. The van der Waals surface area contributed by atoms with E-state index in [-0.39, 0.29) is 5.75 Å². The molecule has 92 valence electrons. The lowest BCUT2D eigenvalue weighted by molar-refractivity contribution is -0.112. The smallest absolute Gasteiger partial charge is 0.214 e. The van der Waals surface area contributed by atoms with Crippen LogP contribution in [0.1, 0.15) is 18.2 Å². The van der Waals surface area contributed by atoms with Crippen molar-refractivity contribution in [2.24, 2.45) is 0 Å². The van der Waals surface area contributed by atoms with Gasteiger partial charge in [-0.15, -0.1) is 0 Å². The van der Waals surface area contributed by atoms with E-state index in [0.29, 0.717) is 19.7 Å². The third-order valence-electron chi connectivity index (χ3n) is 3.49. The SMILES string of the molecule is CCS(=O)(=O)N1CC2(C1)OCc1ncccc12. The molecule has 17 heavy (non-hydrogen) atoms. The molecular formula is C11H14N2O3S. The average Bonchev–Trinajstić information content (AvgIpc) is 2.66. The number of hydrogen-bond donors (Lipinski definition) is 0. The van der Waals surface area contributed by atoms with Crippen LogP contribution in [0.5, 0.6) is 0 Å². The van der Waals surface area contributed by atoms with E-state index in [1.54, 1.807) is 13.1 Å². The minimum Gasteiger partial charge on any atom is -0.361 e. The Morgan fingerprint density at radius 3 is 3.00 bits per heavy atom. The van der Waals surface area contributed by atoms with Crippen LogP contribution in [0.4, 0.5) is 0 Å². The predicted octanol–water partition coefficient (Wildman–Crippen LogP) is 0.472. The molecule has 0 radical (unpaired) electrons. The van der Waals surface area contributed by atoms with Gasteiger partial charge >= 0.3 is 0 Å². The maximum Gasteiger partial charge on any atom is 0.214 e. The van der Waals surface area contributed by atoms with Gasteiger partial charge < -0.3 is 4.74 Å². The molecule has 0 bridgehead atoms. The Bertz CT molecular complexity index is 550. The Hall–Kier alpha value is -0.980. The quantitative estimate of drug-likeness (QED) is 0.770. The number of nitrogens with zero attached hydrogens (tertiary/aromatic N) is 2. The maximum atomic E-state index is 11.7. The van der Waals surface area contributed by atoms with Gasteiger partial charge in [-0.25, -0.2) is 8.42 Å². The fourth-order valence-corrected chi connectivity index (χ4v) is 3.59. The highest BCUT2D eigenvalue weighted by Crippen LogP contribution is 2.43. The zero-order chi connectivity index (χ0) is 12.1. The highest BCUT2D eigenvalue weighted by molar-refractivity contribution is 7.89. The van der Waals surface area contributed by atoms with Gasteiger partial charge in [-0.1, -0.05) is 6.07 Å². The highest BCUT2D eigenvalue weighted by atomic mass is 32.2. The van der Waals surface area contributed by atoms with Crippen molar-refractivity contribution in [3.05, 3.63) is 29.6 Å². The molecule has 0 amide bonds. The van der Waals surface area contributed by atoms with E-state index in [4.69, 9.17) is 4.74 Å². The molecule has 5 nitrogen and oxygen atoms in total. The fraction of sp³-hybridized carbons (Fsp3) is 0.545. The van der Waals surface area contributed by atoms with Crippen LogP contribution < -0.4 is 0 Å². The van der Waals surface area contributed by atoms with E-state index < -0.39 is 15.6 Å². The van der Waals surface area contributed by atoms with E-state index in [1.807, 2.05) is 12.1 Å². The van der Waals surface area contributed by atoms with Crippen molar-refractivity contribution in [2.75, 3.05) is 18.8 Å². The number of pyridine rings is 1. The van der Waals surface area contributed by atoms with Crippen LogP contribution in [0.2, 0.25) is 0 Å². The molecule has 2 aliphatic rings. The monoisotopic (exact) mass is 254 g/mol. The molecule has 3 heterocycles. The van der Waals surface area contributed by atoms with Crippen molar-refractivity contribution in [3.8, 4) is 0 Å². The van der Waals surface area contributed by atoms with Crippen LogP contribution in [0.3, 0.4) is 0 Å². The van der Waals surface area contributed by atoms with Gasteiger partial charge in [-0.3, -0.25) is 4.98 Å². The molecule has 0 aliphatic carbocycles. The van der Waals surface area contributed by atoms with Crippen LogP contribution in [0.15, 0.2) is 18.3 Å². The molecule has 2 aliphatic heterocycles. The standard InChI is InChI=1S/C11H14N2O3S/c1-2-17(14,15)13-7-11(8-13)9-4-3-5-12-10(9)6-16-11/h3-5H,2,6-8H2,1H3. The fourth-order valence-electron chi connectivity index (χ4n) is 2.42. The van der Waals surface area contributed by atoms with Crippen molar-refractivity contribution >= 4 is 10.0 Å². The Labute approximate surface area is 100 Å². The number of aromatic nitrogens is 1. The number of sulfonamides is 1. The van der Waals surface area contributed by atoms with Crippen LogP contribution in [-0.2, 0) is 27.0 Å². The van der Waals surface area contributed by atoms with Crippen molar-refractivity contribution < 1.29 is 13.2 Å². The summed E-state index contributed by atoms with van der Waals surface area (Å²) in [5.74, 6) is 0.142. The highest BCUT2D eigenvalue weighted by Gasteiger charge is 2.53. The van der Waals surface area contributed by atoms with Crippen LogP contribution in [-0.4, -0.2) is 36.5 Å². The number of rotatable bonds is 2. The van der Waals surface area contributed by atoms with Crippen LogP contribution >= 0.6 is 0 Å². The van der Waals surface area contributed by atoms with Gasteiger partial charge in [0.2, 0.25) is 10.0 Å². The third kappa shape index (κ3) is 1.51.